The molecule has 1 saturated heterocycles. The number of nitrogens with zero attached hydrogens (tertiary/aromatic N) is 1. The first-order valence-corrected chi connectivity index (χ1v) is 10.3. The van der Waals surface area contributed by atoms with E-state index in [-0.39, 0.29) is 11.4 Å². The van der Waals surface area contributed by atoms with Gasteiger partial charge in [0.2, 0.25) is 5.75 Å². The second-order valence-corrected chi connectivity index (χ2v) is 8.02. The summed E-state index contributed by atoms with van der Waals surface area (Å²) >= 11 is 1.55. The molecule has 0 radical (unpaired) electrons. The fourth-order valence-electron chi connectivity index (χ4n) is 3.71. The summed E-state index contributed by atoms with van der Waals surface area (Å²) in [6, 6.07) is 12.2. The highest BCUT2D eigenvalue weighted by atomic mass is 32.2. The van der Waals surface area contributed by atoms with Gasteiger partial charge in [-0.2, -0.15) is 0 Å². The van der Waals surface area contributed by atoms with Crippen molar-refractivity contribution in [1.82, 2.24) is 10.2 Å². The normalized spacial score (nSPS) is 20.3. The van der Waals surface area contributed by atoms with Crippen molar-refractivity contribution in [2.24, 2.45) is 0 Å². The van der Waals surface area contributed by atoms with Crippen molar-refractivity contribution in [3.05, 3.63) is 58.0 Å². The number of rotatable bonds is 5. The van der Waals surface area contributed by atoms with Gasteiger partial charge < -0.3 is 19.5 Å². The van der Waals surface area contributed by atoms with Crippen molar-refractivity contribution in [1.29, 1.82) is 0 Å². The lowest BCUT2D eigenvalue weighted by Gasteiger charge is -2.32. The van der Waals surface area contributed by atoms with Crippen molar-refractivity contribution in [2.75, 3.05) is 27.9 Å². The number of carbonyl (C=O) groups excluding carboxylic acids is 1. The first-order chi connectivity index (χ1) is 14.1. The van der Waals surface area contributed by atoms with Gasteiger partial charge in [-0.15, -0.1) is 0 Å². The maximum absolute atomic E-state index is 12.6. The van der Waals surface area contributed by atoms with Crippen molar-refractivity contribution in [3.8, 4) is 17.2 Å². The van der Waals surface area contributed by atoms with Crippen LogP contribution < -0.4 is 19.5 Å². The van der Waals surface area contributed by atoms with Crippen LogP contribution in [0.2, 0.25) is 0 Å². The summed E-state index contributed by atoms with van der Waals surface area (Å²) in [5.41, 5.74) is 3.48. The average molecular weight is 413 g/mol. The van der Waals surface area contributed by atoms with E-state index in [0.717, 1.165) is 25.1 Å². The maximum atomic E-state index is 12.6. The molecule has 29 heavy (non-hydrogen) atoms. The van der Waals surface area contributed by atoms with E-state index >= 15 is 0 Å². The molecule has 6 nitrogen and oxygen atoms in total. The molecular formula is C22H24N2O4S. The molecule has 0 aromatic heterocycles. The van der Waals surface area contributed by atoms with Gasteiger partial charge in [0.05, 0.1) is 26.2 Å². The van der Waals surface area contributed by atoms with Gasteiger partial charge in [-0.25, -0.2) is 0 Å². The van der Waals surface area contributed by atoms with Gasteiger partial charge in [0, 0.05) is 13.1 Å². The molecule has 2 heterocycles. The predicted octanol–water partition coefficient (Wildman–Crippen LogP) is 3.26. The van der Waals surface area contributed by atoms with Crippen molar-refractivity contribution >= 4 is 23.7 Å². The quantitative estimate of drug-likeness (QED) is 0.761. The molecular weight excluding hydrogens is 388 g/mol. The molecule has 2 aliphatic rings. The fourth-order valence-corrected chi connectivity index (χ4v) is 4.81. The van der Waals surface area contributed by atoms with Crippen LogP contribution in [0.15, 0.2) is 41.3 Å². The van der Waals surface area contributed by atoms with Gasteiger partial charge >= 0.3 is 0 Å². The molecule has 0 unspecified atom stereocenters. The Bertz CT molecular complexity index is 935. The largest absolute Gasteiger partial charge is 0.493 e. The zero-order chi connectivity index (χ0) is 20.4. The third-order valence-electron chi connectivity index (χ3n) is 5.19. The van der Waals surface area contributed by atoms with E-state index in [1.54, 1.807) is 33.1 Å². The summed E-state index contributed by atoms with van der Waals surface area (Å²) in [6.45, 7) is 1.76. The fraction of sp³-hybridized carbons (Fsp3) is 0.318. The zero-order valence-corrected chi connectivity index (χ0v) is 17.5. The molecule has 152 valence electrons. The van der Waals surface area contributed by atoms with Crippen LogP contribution in [-0.4, -0.2) is 44.2 Å². The maximum Gasteiger partial charge on any atom is 0.259 e. The van der Waals surface area contributed by atoms with E-state index < -0.39 is 0 Å². The lowest BCUT2D eigenvalue weighted by molar-refractivity contribution is -0.117. The first kappa shape index (κ1) is 19.7. The van der Waals surface area contributed by atoms with Crippen LogP contribution in [0.3, 0.4) is 0 Å². The number of thioether (sulfide) groups is 1. The molecule has 7 heteroatoms. The van der Waals surface area contributed by atoms with Crippen LogP contribution in [0.5, 0.6) is 17.2 Å². The van der Waals surface area contributed by atoms with Gasteiger partial charge in [0.1, 0.15) is 5.50 Å². The minimum absolute atomic E-state index is 0.0624. The van der Waals surface area contributed by atoms with Crippen molar-refractivity contribution < 1.29 is 19.0 Å². The minimum Gasteiger partial charge on any atom is -0.493 e. The van der Waals surface area contributed by atoms with Crippen LogP contribution in [0, 0.1) is 0 Å². The van der Waals surface area contributed by atoms with Gasteiger partial charge in [0.25, 0.3) is 5.91 Å². The Morgan fingerprint density at radius 3 is 2.41 bits per heavy atom. The molecule has 1 atom stereocenters. The second-order valence-electron chi connectivity index (χ2n) is 6.90. The smallest absolute Gasteiger partial charge is 0.259 e. The predicted molar refractivity (Wildman–Crippen MR) is 114 cm³/mol. The number of methoxy groups -OCH3 is 3. The topological polar surface area (TPSA) is 60.0 Å². The molecule has 1 amide bonds. The highest BCUT2D eigenvalue weighted by Crippen LogP contribution is 2.40. The molecule has 2 aromatic rings. The summed E-state index contributed by atoms with van der Waals surface area (Å²) in [7, 11) is 4.73. The summed E-state index contributed by atoms with van der Waals surface area (Å²) in [5.74, 6) is 1.59. The van der Waals surface area contributed by atoms with Gasteiger partial charge in [-0.1, -0.05) is 36.0 Å². The molecule has 0 spiro atoms. The Kier molecular flexibility index (Phi) is 5.69. The Labute approximate surface area is 174 Å². The van der Waals surface area contributed by atoms with E-state index in [4.69, 9.17) is 14.2 Å². The third-order valence-corrected chi connectivity index (χ3v) is 6.39. The second kappa shape index (κ2) is 8.39. The summed E-state index contributed by atoms with van der Waals surface area (Å²) < 4.78 is 16.2. The lowest BCUT2D eigenvalue weighted by atomic mass is 10.0. The first-order valence-electron chi connectivity index (χ1n) is 9.43. The monoisotopic (exact) mass is 412 g/mol. The van der Waals surface area contributed by atoms with Crippen LogP contribution >= 0.6 is 11.8 Å². The number of hydrogen-bond donors (Lipinski definition) is 1. The zero-order valence-electron chi connectivity index (χ0n) is 16.7. The third kappa shape index (κ3) is 3.93. The van der Waals surface area contributed by atoms with Gasteiger partial charge in [0.15, 0.2) is 11.5 Å². The van der Waals surface area contributed by atoms with Crippen LogP contribution in [-0.2, 0) is 17.8 Å². The van der Waals surface area contributed by atoms with E-state index in [0.29, 0.717) is 22.2 Å². The van der Waals surface area contributed by atoms with E-state index in [1.165, 1.54) is 11.1 Å². The molecule has 2 aromatic carbocycles. The SMILES string of the molecule is COc1cc(/C=C2/S[C@H](N3CCc4ccccc4C3)NC2=O)cc(OC)c1OC. The molecule has 1 N–H and O–H groups in total. The lowest BCUT2D eigenvalue weighted by Crippen LogP contribution is -2.44. The molecule has 1 fully saturated rings. The standard InChI is InChI=1S/C22H24N2O4S/c1-26-17-10-14(11-18(27-2)20(17)28-3)12-19-21(25)23-22(29-19)24-9-8-15-6-4-5-7-16(15)13-24/h4-7,10-12,22H,8-9,13H2,1-3H3,(H,23,25)/b19-12+/t22-/m0/s1. The number of benzene rings is 2. The van der Waals surface area contributed by atoms with Gasteiger partial charge in [-0.05, 0) is 41.3 Å². The molecule has 0 saturated carbocycles. The number of ether oxygens (including phenoxy) is 3. The van der Waals surface area contributed by atoms with E-state index in [2.05, 4.69) is 34.5 Å². The molecule has 0 aliphatic carbocycles. The van der Waals surface area contributed by atoms with E-state index in [9.17, 15) is 4.79 Å². The Hall–Kier alpha value is -2.64. The summed E-state index contributed by atoms with van der Waals surface area (Å²) in [4.78, 5) is 15.6. The Morgan fingerprint density at radius 2 is 1.76 bits per heavy atom. The van der Waals surface area contributed by atoms with Crippen LogP contribution in [0.4, 0.5) is 0 Å². The molecule has 2 aliphatic heterocycles. The number of carbonyl (C=O) groups is 1. The number of hydrogen-bond acceptors (Lipinski definition) is 6. The van der Waals surface area contributed by atoms with Crippen molar-refractivity contribution in [3.63, 3.8) is 0 Å². The highest BCUT2D eigenvalue weighted by molar-refractivity contribution is 8.05. The molecule has 0 bridgehead atoms. The van der Waals surface area contributed by atoms with Gasteiger partial charge in [-0.3, -0.25) is 9.69 Å². The van der Waals surface area contributed by atoms with Crippen LogP contribution in [0.1, 0.15) is 16.7 Å². The van der Waals surface area contributed by atoms with Crippen LogP contribution in [0.25, 0.3) is 6.08 Å². The van der Waals surface area contributed by atoms with E-state index in [1.807, 2.05) is 18.2 Å². The summed E-state index contributed by atoms with van der Waals surface area (Å²) in [5, 5.41) is 3.10. The number of amides is 1. The molecule has 4 rings (SSSR count). The minimum atomic E-state index is -0.0656. The average Bonchev–Trinajstić information content (AvgIpc) is 3.12. The Morgan fingerprint density at radius 1 is 1.07 bits per heavy atom. The number of nitrogens with one attached hydrogen (secondary N) is 1. The summed E-state index contributed by atoms with van der Waals surface area (Å²) in [6.07, 6.45) is 2.86. The highest BCUT2D eigenvalue weighted by Gasteiger charge is 2.33. The van der Waals surface area contributed by atoms with Crippen molar-refractivity contribution in [2.45, 2.75) is 18.5 Å². The number of fused-ring (bicyclic) bond motifs is 1. The Balaban J connectivity index is 1.55.